The van der Waals surface area contributed by atoms with Gasteiger partial charge in [-0.1, -0.05) is 30.3 Å². The van der Waals surface area contributed by atoms with Gasteiger partial charge in [0.15, 0.2) is 0 Å². The number of hydrogen-bond acceptors (Lipinski definition) is 6. The predicted molar refractivity (Wildman–Crippen MR) is 116 cm³/mol. The first-order chi connectivity index (χ1) is 14.9. The lowest BCUT2D eigenvalue weighted by atomic mass is 10.1. The quantitative estimate of drug-likeness (QED) is 0.518. The van der Waals surface area contributed by atoms with Crippen molar-refractivity contribution < 1.29 is 24.0 Å². The first-order valence-electron chi connectivity index (χ1n) is 9.37. The molecule has 1 heterocycles. The van der Waals surface area contributed by atoms with Crippen LogP contribution in [0, 0.1) is 0 Å². The fourth-order valence-corrected chi connectivity index (χ4v) is 4.56. The Labute approximate surface area is 179 Å². The van der Waals surface area contributed by atoms with E-state index in [0.717, 1.165) is 0 Å². The van der Waals surface area contributed by atoms with Crippen LogP contribution >= 0.6 is 0 Å². The molecule has 0 aliphatic rings. The van der Waals surface area contributed by atoms with Gasteiger partial charge in [0.1, 0.15) is 11.5 Å². The highest BCUT2D eigenvalue weighted by Crippen LogP contribution is 2.24. The van der Waals surface area contributed by atoms with Crippen molar-refractivity contribution in [3.63, 3.8) is 0 Å². The number of aliphatic hydroxyl groups excluding tert-OH is 1. The van der Waals surface area contributed by atoms with E-state index in [-0.39, 0.29) is 29.4 Å². The summed E-state index contributed by atoms with van der Waals surface area (Å²) in [6, 6.07) is 16.1. The Balaban J connectivity index is 1.99. The lowest BCUT2D eigenvalue weighted by Crippen LogP contribution is -2.32. The van der Waals surface area contributed by atoms with Crippen molar-refractivity contribution in [2.24, 2.45) is 4.36 Å². The van der Waals surface area contributed by atoms with Gasteiger partial charge in [0, 0.05) is 29.4 Å². The molecule has 0 fully saturated rings. The molecule has 31 heavy (non-hydrogen) atoms. The summed E-state index contributed by atoms with van der Waals surface area (Å²) in [5.74, 6) is -1.83. The molecule has 160 valence electrons. The molecule has 0 radical (unpaired) electrons. The second kappa shape index (κ2) is 9.96. The van der Waals surface area contributed by atoms with Gasteiger partial charge in [-0.05, 0) is 35.9 Å². The Hall–Kier alpha value is -3.56. The molecule has 0 saturated heterocycles. The molecule has 2 amide bonds. The summed E-state index contributed by atoms with van der Waals surface area (Å²) in [4.78, 5) is 29.3. The first-order valence-corrected chi connectivity index (χ1v) is 11.1. The number of aromatic nitrogens is 1. The number of aliphatic hydroxyl groups is 1. The van der Waals surface area contributed by atoms with Crippen LogP contribution in [0.4, 0.5) is 0 Å². The molecule has 0 unspecified atom stereocenters. The Bertz CT molecular complexity index is 1200. The third-order valence-corrected chi connectivity index (χ3v) is 6.39. The van der Waals surface area contributed by atoms with Gasteiger partial charge in [-0.3, -0.25) is 14.6 Å². The zero-order valence-corrected chi connectivity index (χ0v) is 17.3. The summed E-state index contributed by atoms with van der Waals surface area (Å²) in [5.41, 5.74) is 1.32. The van der Waals surface area contributed by atoms with Crippen LogP contribution < -0.4 is 5.32 Å². The summed E-state index contributed by atoms with van der Waals surface area (Å²) in [6.07, 6.45) is 2.83. The molecule has 0 saturated carbocycles. The highest BCUT2D eigenvalue weighted by Gasteiger charge is 2.20. The van der Waals surface area contributed by atoms with Gasteiger partial charge in [-0.15, -0.1) is 0 Å². The molecule has 1 aromatic heterocycles. The van der Waals surface area contributed by atoms with Gasteiger partial charge in [0.2, 0.25) is 5.91 Å². The third-order valence-electron chi connectivity index (χ3n) is 4.27. The number of phenolic OH excluding ortho intramolecular Hbond substituents is 1. The van der Waals surface area contributed by atoms with E-state index >= 15 is 0 Å². The topological polar surface area (TPSA) is 129 Å². The molecule has 3 N–H and O–H groups in total. The Morgan fingerprint density at radius 2 is 1.77 bits per heavy atom. The van der Waals surface area contributed by atoms with Crippen molar-refractivity contribution in [1.82, 2.24) is 10.3 Å². The molecule has 3 aromatic rings. The second-order valence-electron chi connectivity index (χ2n) is 6.58. The predicted octanol–water partition coefficient (Wildman–Crippen LogP) is 2.23. The fraction of sp³-hybridized carbons (Fsp3) is 0.136. The van der Waals surface area contributed by atoms with E-state index in [1.165, 1.54) is 30.6 Å². The van der Waals surface area contributed by atoms with E-state index in [4.69, 9.17) is 5.11 Å². The summed E-state index contributed by atoms with van der Waals surface area (Å²) in [7, 11) is -3.41. The van der Waals surface area contributed by atoms with Crippen LogP contribution in [0.25, 0.3) is 11.1 Å². The van der Waals surface area contributed by atoms with Gasteiger partial charge in [-0.25, -0.2) is 4.21 Å². The molecular weight excluding hydrogens is 418 g/mol. The van der Waals surface area contributed by atoms with Crippen LogP contribution in [0.2, 0.25) is 0 Å². The Morgan fingerprint density at radius 3 is 2.48 bits per heavy atom. The molecule has 2 aromatic carbocycles. The zero-order chi connectivity index (χ0) is 22.3. The molecule has 8 nitrogen and oxygen atoms in total. The van der Waals surface area contributed by atoms with Gasteiger partial charge in [-0.2, -0.15) is 4.36 Å². The average Bonchev–Trinajstić information content (AvgIpc) is 2.78. The van der Waals surface area contributed by atoms with Gasteiger partial charge < -0.3 is 15.5 Å². The average molecular weight is 439 g/mol. The smallest absolute Gasteiger partial charge is 0.286 e. The molecule has 9 heteroatoms. The molecule has 0 aliphatic carbocycles. The molecule has 0 aliphatic heterocycles. The van der Waals surface area contributed by atoms with E-state index in [0.29, 0.717) is 11.1 Å². The number of carbonyl (C=O) groups excluding carboxylic acids is 2. The first kappa shape index (κ1) is 22.1. The maximum Gasteiger partial charge on any atom is 0.286 e. The highest BCUT2D eigenvalue weighted by atomic mass is 32.2. The zero-order valence-electron chi connectivity index (χ0n) is 16.5. The number of carbonyl (C=O) groups is 2. The maximum atomic E-state index is 13.6. The molecular formula is C22H21N3O5S. The minimum absolute atomic E-state index is 0.00692. The molecule has 3 rings (SSSR count). The number of phenols is 1. The van der Waals surface area contributed by atoms with Crippen LogP contribution in [-0.4, -0.2) is 50.1 Å². The summed E-state index contributed by atoms with van der Waals surface area (Å²) in [5, 5.41) is 21.0. The largest absolute Gasteiger partial charge is 0.508 e. The number of pyridine rings is 1. The normalized spacial score (nSPS) is 12.5. The van der Waals surface area contributed by atoms with Crippen LogP contribution in [0.15, 0.2) is 82.3 Å². The van der Waals surface area contributed by atoms with Crippen molar-refractivity contribution in [2.45, 2.75) is 4.90 Å². The Morgan fingerprint density at radius 1 is 1.00 bits per heavy atom. The Kier molecular flexibility index (Phi) is 7.11. The van der Waals surface area contributed by atoms with Crippen molar-refractivity contribution in [2.75, 3.05) is 18.9 Å². The minimum atomic E-state index is -3.41. The van der Waals surface area contributed by atoms with Crippen molar-refractivity contribution in [3.8, 4) is 16.9 Å². The van der Waals surface area contributed by atoms with Crippen molar-refractivity contribution >= 4 is 21.5 Å². The monoisotopic (exact) mass is 439 g/mol. The van der Waals surface area contributed by atoms with Gasteiger partial charge in [0.25, 0.3) is 5.91 Å². The fourth-order valence-electron chi connectivity index (χ4n) is 2.81. The molecule has 0 bridgehead atoms. The van der Waals surface area contributed by atoms with Gasteiger partial charge >= 0.3 is 0 Å². The number of hydrogen-bond donors (Lipinski definition) is 3. The number of aromatic hydroxyl groups is 1. The van der Waals surface area contributed by atoms with Crippen molar-refractivity contribution in [3.05, 3.63) is 78.6 Å². The van der Waals surface area contributed by atoms with Crippen molar-refractivity contribution in [1.29, 1.82) is 0 Å². The SMILES string of the molecule is O=C(C[S@@](=O)(=NC(=O)c1cncc(-c2cccc(O)c2)c1)c1ccccc1)NCCO. The number of nitrogens with zero attached hydrogens (tertiary/aromatic N) is 2. The van der Waals surface area contributed by atoms with Crippen LogP contribution in [0.5, 0.6) is 5.75 Å². The van der Waals surface area contributed by atoms with E-state index in [2.05, 4.69) is 14.7 Å². The standard InChI is InChI=1S/C22H21N3O5S/c26-10-9-24-21(28)15-31(30,20-7-2-1-3-8-20)25-22(29)18-11-17(13-23-14-18)16-5-4-6-19(27)12-16/h1-8,11-14,26-27H,9-10,15H2,(H,24,28)/t31-/m0/s1. The molecule has 0 spiro atoms. The highest BCUT2D eigenvalue weighted by molar-refractivity contribution is 7.94. The number of nitrogens with one attached hydrogen (secondary N) is 1. The number of rotatable bonds is 7. The lowest BCUT2D eigenvalue weighted by Gasteiger charge is -2.10. The molecule has 1 atom stereocenters. The third kappa shape index (κ3) is 5.74. The number of amides is 2. The summed E-state index contributed by atoms with van der Waals surface area (Å²) >= 11 is 0. The maximum absolute atomic E-state index is 13.6. The van der Waals surface area contributed by atoms with Crippen LogP contribution in [0.1, 0.15) is 10.4 Å². The van der Waals surface area contributed by atoms with E-state index in [9.17, 15) is 18.9 Å². The minimum Gasteiger partial charge on any atom is -0.508 e. The summed E-state index contributed by atoms with van der Waals surface area (Å²) < 4.78 is 17.5. The van der Waals surface area contributed by atoms with Crippen LogP contribution in [0.3, 0.4) is 0 Å². The second-order valence-corrected chi connectivity index (χ2v) is 8.80. The summed E-state index contributed by atoms with van der Waals surface area (Å²) in [6.45, 7) is -0.255. The van der Waals surface area contributed by atoms with E-state index in [1.807, 2.05) is 0 Å². The van der Waals surface area contributed by atoms with E-state index < -0.39 is 27.3 Å². The van der Waals surface area contributed by atoms with E-state index in [1.54, 1.807) is 42.5 Å². The van der Waals surface area contributed by atoms with Gasteiger partial charge in [0.05, 0.1) is 21.9 Å². The van der Waals surface area contributed by atoms with Crippen LogP contribution in [-0.2, 0) is 14.5 Å². The lowest BCUT2D eigenvalue weighted by molar-refractivity contribution is -0.118. The number of benzene rings is 2.